The number of ether oxygens (including phenoxy) is 2. The van der Waals surface area contributed by atoms with Crippen LogP contribution in [0.1, 0.15) is 26.0 Å². The van der Waals surface area contributed by atoms with Crippen molar-refractivity contribution in [1.29, 1.82) is 0 Å². The molecule has 0 bridgehead atoms. The van der Waals surface area contributed by atoms with E-state index < -0.39 is 17.6 Å². The van der Waals surface area contributed by atoms with Crippen LogP contribution >= 0.6 is 0 Å². The summed E-state index contributed by atoms with van der Waals surface area (Å²) in [5.74, 6) is -0.636. The van der Waals surface area contributed by atoms with E-state index in [0.717, 1.165) is 0 Å². The van der Waals surface area contributed by atoms with Gasteiger partial charge in [0.2, 0.25) is 0 Å². The first kappa shape index (κ1) is 19.3. The van der Waals surface area contributed by atoms with Gasteiger partial charge in [0.1, 0.15) is 12.4 Å². The van der Waals surface area contributed by atoms with Gasteiger partial charge in [-0.05, 0) is 18.4 Å². The van der Waals surface area contributed by atoms with Gasteiger partial charge >= 0.3 is 5.97 Å². The molecule has 7 nitrogen and oxygen atoms in total. The molecule has 0 aliphatic carbocycles. The first-order valence-corrected chi connectivity index (χ1v) is 7.57. The Morgan fingerprint density at radius 2 is 2.13 bits per heavy atom. The first-order chi connectivity index (χ1) is 10.8. The predicted molar refractivity (Wildman–Crippen MR) is 85.3 cm³/mol. The molecular formula is C16H26N2O5. The van der Waals surface area contributed by atoms with Crippen LogP contribution in [-0.4, -0.2) is 53.1 Å². The number of carboxylic acid groups (broad SMARTS) is 1. The zero-order valence-corrected chi connectivity index (χ0v) is 13.9. The van der Waals surface area contributed by atoms with Crippen LogP contribution in [0.2, 0.25) is 0 Å². The molecule has 0 spiro atoms. The van der Waals surface area contributed by atoms with Crippen molar-refractivity contribution in [3.8, 4) is 5.75 Å². The minimum absolute atomic E-state index is 0.174. The molecule has 4 N–H and O–H groups in total. The molecule has 0 radical (unpaired) electrons. The quantitative estimate of drug-likeness (QED) is 0.546. The van der Waals surface area contributed by atoms with E-state index in [0.29, 0.717) is 31.1 Å². The van der Waals surface area contributed by atoms with E-state index in [-0.39, 0.29) is 12.3 Å². The lowest BCUT2D eigenvalue weighted by Crippen LogP contribution is -2.56. The number of carboxylic acids is 1. The number of aliphatic hydroxyl groups is 1. The molecule has 1 aromatic heterocycles. The Labute approximate surface area is 136 Å². The first-order valence-electron chi connectivity index (χ1n) is 7.57. The number of aliphatic carboxylic acids is 1. The molecule has 23 heavy (non-hydrogen) atoms. The molecule has 0 amide bonds. The van der Waals surface area contributed by atoms with Crippen LogP contribution in [0, 0.1) is 5.92 Å². The summed E-state index contributed by atoms with van der Waals surface area (Å²) in [6.45, 7) is 4.65. The molecule has 1 aromatic rings. The lowest BCUT2D eigenvalue weighted by Gasteiger charge is -2.30. The maximum Gasteiger partial charge on any atom is 0.337 e. The smallest absolute Gasteiger partial charge is 0.337 e. The second-order valence-corrected chi connectivity index (χ2v) is 5.97. The summed E-state index contributed by atoms with van der Waals surface area (Å²) in [6, 6.07) is 2.37. The molecule has 130 valence electrons. The molecule has 0 aliphatic heterocycles. The van der Waals surface area contributed by atoms with Crippen molar-refractivity contribution in [2.75, 3.05) is 20.3 Å². The number of methoxy groups -OCH3 is 1. The molecule has 1 rings (SSSR count). The van der Waals surface area contributed by atoms with Crippen LogP contribution in [0.4, 0.5) is 0 Å². The monoisotopic (exact) mass is 326 g/mol. The van der Waals surface area contributed by atoms with Gasteiger partial charge in [0.05, 0.1) is 6.61 Å². The molecule has 0 aliphatic rings. The SMILES string of the molecule is COCCOc1ccnc(C[C@](O)(C(=O)O)[C@@H](N)CC(C)C)c1. The fourth-order valence-electron chi connectivity index (χ4n) is 2.23. The highest BCUT2D eigenvalue weighted by molar-refractivity contribution is 5.78. The molecule has 1 heterocycles. The fourth-order valence-corrected chi connectivity index (χ4v) is 2.23. The van der Waals surface area contributed by atoms with Gasteiger partial charge in [-0.3, -0.25) is 4.98 Å². The van der Waals surface area contributed by atoms with E-state index in [9.17, 15) is 15.0 Å². The van der Waals surface area contributed by atoms with Crippen LogP contribution in [0.3, 0.4) is 0 Å². The zero-order valence-electron chi connectivity index (χ0n) is 13.9. The third-order valence-electron chi connectivity index (χ3n) is 3.50. The van der Waals surface area contributed by atoms with Crippen molar-refractivity contribution in [2.45, 2.75) is 38.3 Å². The average Bonchev–Trinajstić information content (AvgIpc) is 2.47. The van der Waals surface area contributed by atoms with Crippen LogP contribution in [0.25, 0.3) is 0 Å². The maximum absolute atomic E-state index is 11.5. The summed E-state index contributed by atoms with van der Waals surface area (Å²) in [6.07, 6.45) is 1.72. The van der Waals surface area contributed by atoms with Gasteiger partial charge < -0.3 is 25.4 Å². The Hall–Kier alpha value is -1.70. The second-order valence-electron chi connectivity index (χ2n) is 5.97. The van der Waals surface area contributed by atoms with Gasteiger partial charge in [-0.2, -0.15) is 0 Å². The Morgan fingerprint density at radius 3 is 2.70 bits per heavy atom. The van der Waals surface area contributed by atoms with E-state index in [1.54, 1.807) is 19.2 Å². The highest BCUT2D eigenvalue weighted by atomic mass is 16.5. The minimum Gasteiger partial charge on any atom is -0.491 e. The third-order valence-corrected chi connectivity index (χ3v) is 3.50. The molecule has 0 saturated heterocycles. The highest BCUT2D eigenvalue weighted by Crippen LogP contribution is 2.22. The van der Waals surface area contributed by atoms with Crippen molar-refractivity contribution in [3.05, 3.63) is 24.0 Å². The van der Waals surface area contributed by atoms with Crippen molar-refractivity contribution in [2.24, 2.45) is 11.7 Å². The maximum atomic E-state index is 11.5. The van der Waals surface area contributed by atoms with E-state index in [2.05, 4.69) is 4.98 Å². The van der Waals surface area contributed by atoms with Gasteiger partial charge in [0.25, 0.3) is 0 Å². The predicted octanol–water partition coefficient (Wildman–Crippen LogP) is 0.838. The van der Waals surface area contributed by atoms with E-state index in [1.165, 1.54) is 6.20 Å². The van der Waals surface area contributed by atoms with Crippen LogP contribution in [0.5, 0.6) is 5.75 Å². The third kappa shape index (κ3) is 5.78. The summed E-state index contributed by atoms with van der Waals surface area (Å²) in [7, 11) is 1.57. The number of nitrogens with zero attached hydrogens (tertiary/aromatic N) is 1. The number of carbonyl (C=O) groups is 1. The summed E-state index contributed by atoms with van der Waals surface area (Å²) < 4.78 is 10.4. The topological polar surface area (TPSA) is 115 Å². The Kier molecular flexibility index (Phi) is 7.41. The van der Waals surface area contributed by atoms with Crippen molar-refractivity contribution in [1.82, 2.24) is 4.98 Å². The van der Waals surface area contributed by atoms with Crippen LogP contribution in [0.15, 0.2) is 18.3 Å². The van der Waals surface area contributed by atoms with Gasteiger partial charge in [0, 0.05) is 37.5 Å². The van der Waals surface area contributed by atoms with Crippen LogP contribution in [-0.2, 0) is 16.0 Å². The lowest BCUT2D eigenvalue weighted by molar-refractivity contribution is -0.161. The molecule has 0 aromatic carbocycles. The van der Waals surface area contributed by atoms with E-state index >= 15 is 0 Å². The summed E-state index contributed by atoms with van der Waals surface area (Å²) >= 11 is 0. The number of hydrogen-bond donors (Lipinski definition) is 3. The molecule has 0 fully saturated rings. The molecule has 0 unspecified atom stereocenters. The number of nitrogens with two attached hydrogens (primary N) is 1. The fraction of sp³-hybridized carbons (Fsp3) is 0.625. The standard InChI is InChI=1S/C16H26N2O5/c1-11(2)8-14(17)16(21,15(19)20)10-12-9-13(4-5-18-12)23-7-6-22-3/h4-5,9,11,14,21H,6-8,10,17H2,1-3H3,(H,19,20)/t14-,16+/m0/s1. The average molecular weight is 326 g/mol. The van der Waals surface area contributed by atoms with Gasteiger partial charge in [-0.1, -0.05) is 13.8 Å². The summed E-state index contributed by atoms with van der Waals surface area (Å²) in [5, 5.41) is 20.0. The number of pyridine rings is 1. The summed E-state index contributed by atoms with van der Waals surface area (Å²) in [5.41, 5.74) is 4.27. The largest absolute Gasteiger partial charge is 0.491 e. The number of hydrogen-bond acceptors (Lipinski definition) is 6. The van der Waals surface area contributed by atoms with Crippen molar-refractivity contribution >= 4 is 5.97 Å². The van der Waals surface area contributed by atoms with E-state index in [1.807, 2.05) is 13.8 Å². The molecular weight excluding hydrogens is 300 g/mol. The second kappa shape index (κ2) is 8.81. The molecule has 7 heteroatoms. The lowest BCUT2D eigenvalue weighted by atomic mass is 9.84. The van der Waals surface area contributed by atoms with Gasteiger partial charge in [-0.15, -0.1) is 0 Å². The minimum atomic E-state index is -2.07. The van der Waals surface area contributed by atoms with Gasteiger partial charge in [0.15, 0.2) is 5.60 Å². The highest BCUT2D eigenvalue weighted by Gasteiger charge is 2.43. The number of aromatic nitrogens is 1. The Morgan fingerprint density at radius 1 is 1.43 bits per heavy atom. The number of rotatable bonds is 10. The van der Waals surface area contributed by atoms with Crippen molar-refractivity contribution < 1.29 is 24.5 Å². The summed E-state index contributed by atoms with van der Waals surface area (Å²) in [4.78, 5) is 15.6. The molecule has 0 saturated carbocycles. The van der Waals surface area contributed by atoms with Crippen LogP contribution < -0.4 is 10.5 Å². The normalized spacial score (nSPS) is 15.2. The van der Waals surface area contributed by atoms with Crippen molar-refractivity contribution in [3.63, 3.8) is 0 Å². The molecule has 2 atom stereocenters. The Balaban J connectivity index is 2.88. The van der Waals surface area contributed by atoms with Gasteiger partial charge in [-0.25, -0.2) is 4.79 Å². The Bertz CT molecular complexity index is 509. The zero-order chi connectivity index (χ0) is 17.5. The van der Waals surface area contributed by atoms with E-state index in [4.69, 9.17) is 15.2 Å².